The monoisotopic (exact) mass is 462 g/mol. The maximum Gasteiger partial charge on any atom is 0.261 e. The Labute approximate surface area is 189 Å². The number of carbonyl (C=O) groups excluding carboxylic acids is 1. The number of hydrogen-bond donors (Lipinski definition) is 1. The predicted octanol–water partition coefficient (Wildman–Crippen LogP) is 4.98. The molecule has 6 nitrogen and oxygen atoms in total. The van der Waals surface area contributed by atoms with Gasteiger partial charge in [0.25, 0.3) is 5.91 Å². The van der Waals surface area contributed by atoms with Crippen LogP contribution in [0, 0.1) is 5.82 Å². The third-order valence-electron chi connectivity index (χ3n) is 5.73. The van der Waals surface area contributed by atoms with Crippen LogP contribution in [0.2, 0.25) is 0 Å². The van der Waals surface area contributed by atoms with Gasteiger partial charge in [-0.2, -0.15) is 0 Å². The zero-order valence-corrected chi connectivity index (χ0v) is 19.5. The maximum atomic E-state index is 14.3. The lowest BCUT2D eigenvalue weighted by Gasteiger charge is -2.16. The van der Waals surface area contributed by atoms with Crippen LogP contribution in [-0.4, -0.2) is 40.6 Å². The lowest BCUT2D eigenvalue weighted by atomic mass is 10.1. The second-order valence-electron chi connectivity index (χ2n) is 7.73. The fourth-order valence-electron chi connectivity index (χ4n) is 4.31. The molecule has 0 unspecified atom stereocenters. The van der Waals surface area contributed by atoms with Gasteiger partial charge >= 0.3 is 0 Å². The second kappa shape index (κ2) is 10.1. The van der Waals surface area contributed by atoms with E-state index < -0.39 is 0 Å². The number of ether oxygens (including phenoxy) is 1. The SMILES string of the molecule is COCc1c(C(=O)NCCCc2nnc(SC)n2C2CCCC2)sc2cccc(F)c12. The second-order valence-corrected chi connectivity index (χ2v) is 9.55. The van der Waals surface area contributed by atoms with Crippen LogP contribution in [-0.2, 0) is 17.8 Å². The highest BCUT2D eigenvalue weighted by atomic mass is 32.2. The van der Waals surface area contributed by atoms with Crippen LogP contribution in [0.15, 0.2) is 23.4 Å². The molecule has 9 heteroatoms. The number of halogens is 1. The van der Waals surface area contributed by atoms with Gasteiger partial charge in [-0.1, -0.05) is 30.7 Å². The topological polar surface area (TPSA) is 69.0 Å². The van der Waals surface area contributed by atoms with Crippen molar-refractivity contribution in [3.8, 4) is 0 Å². The van der Waals surface area contributed by atoms with Crippen LogP contribution in [0.4, 0.5) is 4.39 Å². The smallest absolute Gasteiger partial charge is 0.261 e. The third-order valence-corrected chi connectivity index (χ3v) is 7.57. The summed E-state index contributed by atoms with van der Waals surface area (Å²) in [6.07, 6.45) is 8.43. The predicted molar refractivity (Wildman–Crippen MR) is 122 cm³/mol. The van der Waals surface area contributed by atoms with Crippen LogP contribution >= 0.6 is 23.1 Å². The lowest BCUT2D eigenvalue weighted by molar-refractivity contribution is 0.0953. The number of nitrogens with one attached hydrogen (secondary N) is 1. The summed E-state index contributed by atoms with van der Waals surface area (Å²) < 4.78 is 22.6. The molecule has 1 fully saturated rings. The fraction of sp³-hybridized carbons (Fsp3) is 0.500. The van der Waals surface area contributed by atoms with Gasteiger partial charge in [0.2, 0.25) is 0 Å². The Hall–Kier alpha value is -1.97. The number of rotatable bonds is 9. The van der Waals surface area contributed by atoms with Gasteiger partial charge in [0.05, 0.1) is 11.5 Å². The molecule has 1 aliphatic rings. The van der Waals surface area contributed by atoms with Crippen LogP contribution in [0.1, 0.15) is 59.2 Å². The van der Waals surface area contributed by atoms with Crippen LogP contribution in [0.3, 0.4) is 0 Å². The highest BCUT2D eigenvalue weighted by molar-refractivity contribution is 7.98. The molecule has 2 aromatic heterocycles. The van der Waals surface area contributed by atoms with Crippen molar-refractivity contribution in [3.05, 3.63) is 40.3 Å². The highest BCUT2D eigenvalue weighted by Gasteiger charge is 2.24. The van der Waals surface area contributed by atoms with E-state index in [0.717, 1.165) is 28.5 Å². The van der Waals surface area contributed by atoms with E-state index in [1.807, 2.05) is 12.3 Å². The van der Waals surface area contributed by atoms with Crippen LogP contribution in [0.5, 0.6) is 0 Å². The number of thioether (sulfide) groups is 1. The molecule has 1 aromatic carbocycles. The first-order valence-electron chi connectivity index (χ1n) is 10.6. The van der Waals surface area contributed by atoms with Crippen molar-refractivity contribution >= 4 is 39.1 Å². The van der Waals surface area contributed by atoms with Gasteiger partial charge < -0.3 is 14.6 Å². The first-order chi connectivity index (χ1) is 15.1. The number of aryl methyl sites for hydroxylation is 1. The molecule has 0 radical (unpaired) electrons. The standard InChI is InChI=1S/C22H27FN4O2S2/c1-29-13-15-19-16(23)9-5-10-17(19)31-20(15)21(28)24-12-6-11-18-25-26-22(30-2)27(18)14-7-3-4-8-14/h5,9-10,14H,3-4,6-8,11-13H2,1-2H3,(H,24,28). The van der Waals surface area contributed by atoms with E-state index in [1.54, 1.807) is 24.9 Å². The molecule has 0 saturated heterocycles. The largest absolute Gasteiger partial charge is 0.380 e. The molecule has 166 valence electrons. The first-order valence-corrected chi connectivity index (χ1v) is 12.6. The Morgan fingerprint density at radius 2 is 2.16 bits per heavy atom. The van der Waals surface area contributed by atoms with E-state index in [4.69, 9.17) is 4.74 Å². The Kier molecular flexibility index (Phi) is 7.24. The highest BCUT2D eigenvalue weighted by Crippen LogP contribution is 2.34. The van der Waals surface area contributed by atoms with Crippen molar-refractivity contribution in [1.82, 2.24) is 20.1 Å². The average Bonchev–Trinajstić information content (AvgIpc) is 3.50. The summed E-state index contributed by atoms with van der Waals surface area (Å²) in [5.41, 5.74) is 0.615. The molecule has 31 heavy (non-hydrogen) atoms. The summed E-state index contributed by atoms with van der Waals surface area (Å²) in [6.45, 7) is 0.722. The summed E-state index contributed by atoms with van der Waals surface area (Å²) in [6, 6.07) is 5.40. The van der Waals surface area contributed by atoms with Crippen LogP contribution in [0.25, 0.3) is 10.1 Å². The summed E-state index contributed by atoms with van der Waals surface area (Å²) in [4.78, 5) is 13.4. The van der Waals surface area contributed by atoms with Crippen molar-refractivity contribution in [1.29, 1.82) is 0 Å². The van der Waals surface area contributed by atoms with Gasteiger partial charge in [-0.3, -0.25) is 4.79 Å². The van der Waals surface area contributed by atoms with E-state index in [2.05, 4.69) is 20.1 Å². The first kappa shape index (κ1) is 22.2. The van der Waals surface area contributed by atoms with Gasteiger partial charge in [0.15, 0.2) is 5.16 Å². The molecule has 2 heterocycles. The minimum atomic E-state index is -0.323. The number of benzene rings is 1. The molecule has 1 saturated carbocycles. The van der Waals surface area contributed by atoms with Gasteiger partial charge in [-0.15, -0.1) is 21.5 Å². The normalized spacial score (nSPS) is 14.5. The molecule has 1 amide bonds. The Balaban J connectivity index is 1.41. The minimum Gasteiger partial charge on any atom is -0.380 e. The number of thiophene rings is 1. The summed E-state index contributed by atoms with van der Waals surface area (Å²) >= 11 is 2.94. The number of carbonyl (C=O) groups is 1. The zero-order valence-electron chi connectivity index (χ0n) is 17.8. The number of hydrogen-bond acceptors (Lipinski definition) is 6. The number of nitrogens with zero attached hydrogens (tertiary/aromatic N) is 3. The third kappa shape index (κ3) is 4.63. The minimum absolute atomic E-state index is 0.185. The van der Waals surface area contributed by atoms with Crippen molar-refractivity contribution in [3.63, 3.8) is 0 Å². The van der Waals surface area contributed by atoms with Crippen molar-refractivity contribution in [2.24, 2.45) is 0 Å². The molecule has 0 atom stereocenters. The molecule has 1 N–H and O–H groups in total. The molecule has 1 aliphatic carbocycles. The number of fused-ring (bicyclic) bond motifs is 1. The molecule has 4 rings (SSSR count). The lowest BCUT2D eigenvalue weighted by Crippen LogP contribution is -2.25. The molecular formula is C22H27FN4O2S2. The Morgan fingerprint density at radius 3 is 2.90 bits per heavy atom. The number of aromatic nitrogens is 3. The van der Waals surface area contributed by atoms with E-state index in [1.165, 1.54) is 43.1 Å². The van der Waals surface area contributed by atoms with E-state index >= 15 is 0 Å². The molecular weight excluding hydrogens is 435 g/mol. The van der Waals surface area contributed by atoms with Crippen molar-refractivity contribution in [2.45, 2.75) is 56.3 Å². The number of amides is 1. The van der Waals surface area contributed by atoms with Crippen molar-refractivity contribution in [2.75, 3.05) is 19.9 Å². The molecule has 3 aromatic rings. The average molecular weight is 463 g/mol. The van der Waals surface area contributed by atoms with E-state index in [0.29, 0.717) is 28.4 Å². The van der Waals surface area contributed by atoms with Crippen molar-refractivity contribution < 1.29 is 13.9 Å². The van der Waals surface area contributed by atoms with Gasteiger partial charge in [-0.05, 0) is 37.7 Å². The summed E-state index contributed by atoms with van der Waals surface area (Å²) in [5.74, 6) is 0.486. The number of methoxy groups -OCH3 is 1. The maximum absolute atomic E-state index is 14.3. The van der Waals surface area contributed by atoms with Gasteiger partial charge in [-0.25, -0.2) is 4.39 Å². The van der Waals surface area contributed by atoms with E-state index in [9.17, 15) is 9.18 Å². The summed E-state index contributed by atoms with van der Waals surface area (Å²) in [7, 11) is 1.55. The Bertz CT molecular complexity index is 1060. The van der Waals surface area contributed by atoms with E-state index in [-0.39, 0.29) is 18.3 Å². The molecule has 0 bridgehead atoms. The summed E-state index contributed by atoms with van der Waals surface area (Å²) in [5, 5.41) is 13.2. The van der Waals surface area contributed by atoms with Gasteiger partial charge in [0, 0.05) is 41.8 Å². The molecule has 0 spiro atoms. The molecule has 0 aliphatic heterocycles. The van der Waals surface area contributed by atoms with Crippen LogP contribution < -0.4 is 5.32 Å². The Morgan fingerprint density at radius 1 is 1.35 bits per heavy atom. The quantitative estimate of drug-likeness (QED) is 0.359. The fourth-order valence-corrected chi connectivity index (χ4v) is 6.02. The zero-order chi connectivity index (χ0) is 21.8. The van der Waals surface area contributed by atoms with Gasteiger partial charge in [0.1, 0.15) is 11.6 Å².